The summed E-state index contributed by atoms with van der Waals surface area (Å²) in [5.74, 6) is -4.81. The highest BCUT2D eigenvalue weighted by Crippen LogP contribution is 2.34. The molecular formula is C29H30F3N5O7. The highest BCUT2D eigenvalue weighted by Gasteiger charge is 2.42. The number of phenols is 1. The van der Waals surface area contributed by atoms with Gasteiger partial charge < -0.3 is 30.4 Å². The quantitative estimate of drug-likeness (QED) is 0.0610. The van der Waals surface area contributed by atoms with E-state index in [4.69, 9.17) is 20.6 Å². The molecule has 1 atom stereocenters. The molecule has 7 N–H and O–H groups in total. The summed E-state index contributed by atoms with van der Waals surface area (Å²) in [4.78, 5) is 37.5. The number of carbonyl (C=O) groups is 3. The molecule has 3 aromatic rings. The summed E-state index contributed by atoms with van der Waals surface area (Å²) in [5, 5.41) is 19.9. The fraction of sp³-hybridized carbons (Fsp3) is 0.241. The number of esters is 1. The molecule has 0 saturated carbocycles. The zero-order valence-corrected chi connectivity index (χ0v) is 23.7. The number of amides is 2. The third-order valence-corrected chi connectivity index (χ3v) is 5.67. The minimum atomic E-state index is -5.33. The van der Waals surface area contributed by atoms with Gasteiger partial charge in [-0.1, -0.05) is 6.07 Å². The van der Waals surface area contributed by atoms with Crippen LogP contribution in [0, 0.1) is 5.41 Å². The SMILES string of the molecule is CCOc1cc(C(Nc2ccc(C(=N)N)c(OC(=O)C(F)(F)F)c2)C(=O)NNC(=O)c2ccc(O)cc2)ccc1OC(C)C. The molecule has 44 heavy (non-hydrogen) atoms. The lowest BCUT2D eigenvalue weighted by Crippen LogP contribution is -2.45. The molecule has 1 unspecified atom stereocenters. The molecule has 12 nitrogen and oxygen atoms in total. The van der Waals surface area contributed by atoms with Crippen molar-refractivity contribution < 1.29 is 46.9 Å². The molecule has 0 radical (unpaired) electrons. The average Bonchev–Trinajstić information content (AvgIpc) is 2.95. The Kier molecular flexibility index (Phi) is 10.6. The van der Waals surface area contributed by atoms with Gasteiger partial charge >= 0.3 is 12.1 Å². The van der Waals surface area contributed by atoms with Crippen molar-refractivity contribution in [2.75, 3.05) is 11.9 Å². The second kappa shape index (κ2) is 14.1. The maximum Gasteiger partial charge on any atom is 0.491 e. The molecule has 0 aliphatic carbocycles. The lowest BCUT2D eigenvalue weighted by Gasteiger charge is -2.23. The number of phenolic OH excluding ortho intramolecular Hbond substituents is 1. The van der Waals surface area contributed by atoms with Crippen LogP contribution >= 0.6 is 0 Å². The van der Waals surface area contributed by atoms with Crippen molar-refractivity contribution in [3.8, 4) is 23.0 Å². The summed E-state index contributed by atoms with van der Waals surface area (Å²) >= 11 is 0. The van der Waals surface area contributed by atoms with Crippen LogP contribution in [0.15, 0.2) is 60.7 Å². The standard InChI is InChI=1S/C29H30F3N5O7/c1-4-42-23-13-17(7-12-21(23)43-15(2)3)24(27(40)37-36-26(39)16-5-9-19(38)10-6-16)35-18-8-11-20(25(33)34)22(14-18)44-28(41)29(30,31)32/h5-15,24,35,38H,4H2,1-3H3,(H3,33,34)(H,36,39)(H,37,40). The number of nitrogens with one attached hydrogen (secondary N) is 4. The van der Waals surface area contributed by atoms with Gasteiger partial charge in [-0.15, -0.1) is 0 Å². The number of halogens is 3. The third-order valence-electron chi connectivity index (χ3n) is 5.67. The van der Waals surface area contributed by atoms with Crippen molar-refractivity contribution in [2.24, 2.45) is 5.73 Å². The molecule has 0 aliphatic heterocycles. The van der Waals surface area contributed by atoms with E-state index in [1.54, 1.807) is 13.0 Å². The number of alkyl halides is 3. The van der Waals surface area contributed by atoms with Crippen LogP contribution in [0.5, 0.6) is 23.0 Å². The minimum absolute atomic E-state index is 0.00884. The van der Waals surface area contributed by atoms with Gasteiger partial charge in [-0.2, -0.15) is 13.2 Å². The maximum atomic E-state index is 13.5. The fourth-order valence-corrected chi connectivity index (χ4v) is 3.74. The van der Waals surface area contributed by atoms with E-state index in [0.29, 0.717) is 5.75 Å². The summed E-state index contributed by atoms with van der Waals surface area (Å²) in [7, 11) is 0. The van der Waals surface area contributed by atoms with Crippen molar-refractivity contribution >= 4 is 29.3 Å². The number of aromatic hydroxyl groups is 1. The number of ether oxygens (including phenoxy) is 3. The van der Waals surface area contributed by atoms with E-state index < -0.39 is 41.6 Å². The topological polar surface area (TPSA) is 185 Å². The normalized spacial score (nSPS) is 11.7. The van der Waals surface area contributed by atoms with Gasteiger partial charge in [0.15, 0.2) is 11.5 Å². The lowest BCUT2D eigenvalue weighted by molar-refractivity contribution is -0.189. The van der Waals surface area contributed by atoms with Gasteiger partial charge in [-0.3, -0.25) is 25.8 Å². The Bertz CT molecular complexity index is 1530. The van der Waals surface area contributed by atoms with Crippen molar-refractivity contribution in [3.63, 3.8) is 0 Å². The number of anilines is 1. The zero-order valence-electron chi connectivity index (χ0n) is 23.7. The van der Waals surface area contributed by atoms with Crippen molar-refractivity contribution in [1.82, 2.24) is 10.9 Å². The van der Waals surface area contributed by atoms with Gasteiger partial charge in [0.25, 0.3) is 11.8 Å². The Hall–Kier alpha value is -5.47. The van der Waals surface area contributed by atoms with Crippen molar-refractivity contribution in [1.29, 1.82) is 5.41 Å². The molecule has 3 aromatic carbocycles. The Morgan fingerprint density at radius 3 is 2.23 bits per heavy atom. The minimum Gasteiger partial charge on any atom is -0.508 e. The molecule has 0 heterocycles. The largest absolute Gasteiger partial charge is 0.508 e. The van der Waals surface area contributed by atoms with Crippen molar-refractivity contribution in [3.05, 3.63) is 77.4 Å². The molecule has 234 valence electrons. The molecule has 0 aliphatic rings. The summed E-state index contributed by atoms with van der Waals surface area (Å²) in [5.41, 5.74) is 10.1. The smallest absolute Gasteiger partial charge is 0.491 e. The summed E-state index contributed by atoms with van der Waals surface area (Å²) in [6, 6.07) is 11.9. The van der Waals surface area contributed by atoms with E-state index in [0.717, 1.165) is 12.1 Å². The van der Waals surface area contributed by atoms with Crippen LogP contribution in [-0.4, -0.2) is 47.6 Å². The van der Waals surface area contributed by atoms with E-state index in [2.05, 4.69) is 20.9 Å². The fourth-order valence-electron chi connectivity index (χ4n) is 3.74. The molecule has 15 heteroatoms. The number of amidine groups is 1. The third kappa shape index (κ3) is 8.77. The first-order valence-electron chi connectivity index (χ1n) is 13.1. The van der Waals surface area contributed by atoms with Gasteiger partial charge in [0.05, 0.1) is 18.3 Å². The monoisotopic (exact) mass is 617 g/mol. The predicted octanol–water partition coefficient (Wildman–Crippen LogP) is 3.94. The van der Waals surface area contributed by atoms with E-state index in [1.165, 1.54) is 42.5 Å². The van der Waals surface area contributed by atoms with Gasteiger partial charge in [0.2, 0.25) is 0 Å². The highest BCUT2D eigenvalue weighted by molar-refractivity contribution is 5.99. The van der Waals surface area contributed by atoms with Crippen LogP contribution < -0.4 is 36.1 Å². The predicted molar refractivity (Wildman–Crippen MR) is 153 cm³/mol. The average molecular weight is 618 g/mol. The number of hydrogen-bond donors (Lipinski definition) is 6. The number of nitrogen functional groups attached to an aromatic ring is 1. The molecule has 0 spiro atoms. The summed E-state index contributed by atoms with van der Waals surface area (Å²) in [6.07, 6.45) is -5.53. The molecule has 3 rings (SSSR count). The van der Waals surface area contributed by atoms with Crippen LogP contribution in [0.1, 0.15) is 48.3 Å². The van der Waals surface area contributed by atoms with Crippen LogP contribution in [0.4, 0.5) is 18.9 Å². The number of hydrazine groups is 1. The van der Waals surface area contributed by atoms with Crippen LogP contribution in [0.2, 0.25) is 0 Å². The second-order valence-corrected chi connectivity index (χ2v) is 9.39. The van der Waals surface area contributed by atoms with Crippen LogP contribution in [0.25, 0.3) is 0 Å². The van der Waals surface area contributed by atoms with Gasteiger partial charge in [-0.25, -0.2) is 4.79 Å². The second-order valence-electron chi connectivity index (χ2n) is 9.39. The Morgan fingerprint density at radius 2 is 1.64 bits per heavy atom. The first-order chi connectivity index (χ1) is 20.7. The molecule has 2 amide bonds. The lowest BCUT2D eigenvalue weighted by atomic mass is 10.0. The summed E-state index contributed by atoms with van der Waals surface area (Å²) < 4.78 is 54.7. The van der Waals surface area contributed by atoms with Gasteiger partial charge in [0, 0.05) is 17.3 Å². The van der Waals surface area contributed by atoms with Crippen LogP contribution in [-0.2, 0) is 9.59 Å². The zero-order chi connectivity index (χ0) is 32.6. The molecule has 0 aromatic heterocycles. The number of hydrogen-bond acceptors (Lipinski definition) is 9. The highest BCUT2D eigenvalue weighted by atomic mass is 19.4. The molecular weight excluding hydrogens is 587 g/mol. The van der Waals surface area contributed by atoms with Gasteiger partial charge in [0.1, 0.15) is 23.4 Å². The van der Waals surface area contributed by atoms with E-state index in [9.17, 15) is 32.7 Å². The number of benzene rings is 3. The summed E-state index contributed by atoms with van der Waals surface area (Å²) in [6.45, 7) is 5.62. The van der Waals surface area contributed by atoms with Crippen molar-refractivity contribution in [2.45, 2.75) is 39.1 Å². The molecule has 0 bridgehead atoms. The van der Waals surface area contributed by atoms with E-state index in [-0.39, 0.29) is 46.6 Å². The molecule has 0 saturated heterocycles. The van der Waals surface area contributed by atoms with E-state index in [1.807, 2.05) is 13.8 Å². The first-order valence-corrected chi connectivity index (χ1v) is 13.1. The van der Waals surface area contributed by atoms with Crippen LogP contribution in [0.3, 0.4) is 0 Å². The Labute approximate surface area is 249 Å². The van der Waals surface area contributed by atoms with E-state index >= 15 is 0 Å². The molecule has 0 fully saturated rings. The Balaban J connectivity index is 1.99. The Morgan fingerprint density at radius 1 is 0.955 bits per heavy atom. The maximum absolute atomic E-state index is 13.5. The number of rotatable bonds is 11. The van der Waals surface area contributed by atoms with Gasteiger partial charge in [-0.05, 0) is 74.9 Å². The number of nitrogens with two attached hydrogens (primary N) is 1. The first kappa shape index (κ1) is 33.0. The number of carbonyl (C=O) groups excluding carboxylic acids is 3.